The van der Waals surface area contributed by atoms with E-state index in [2.05, 4.69) is 15.9 Å². The molecule has 1 amide bonds. The molecule has 3 nitrogen and oxygen atoms in total. The van der Waals surface area contributed by atoms with Crippen molar-refractivity contribution in [2.45, 2.75) is 0 Å². The average Bonchev–Trinajstić information content (AvgIpc) is 2.95. The number of amides is 1. The number of halogens is 1. The minimum atomic E-state index is -0.0794. The van der Waals surface area contributed by atoms with Crippen LogP contribution in [0.2, 0.25) is 0 Å². The third-order valence-electron chi connectivity index (χ3n) is 3.12. The molecule has 0 atom stereocenters. The van der Waals surface area contributed by atoms with Gasteiger partial charge in [0, 0.05) is 23.4 Å². The lowest BCUT2D eigenvalue weighted by molar-refractivity contribution is -0.113. The molecule has 0 bridgehead atoms. The van der Waals surface area contributed by atoms with E-state index < -0.39 is 0 Å². The second kappa shape index (κ2) is 5.79. The third kappa shape index (κ3) is 2.84. The first-order valence-corrected chi connectivity index (χ1v) is 8.23. The van der Waals surface area contributed by atoms with Crippen LogP contribution < -0.4 is 4.90 Å². The number of anilines is 1. The molecular weight excluding hydrogens is 368 g/mol. The van der Waals surface area contributed by atoms with Crippen molar-refractivity contribution in [3.05, 3.63) is 57.7 Å². The van der Waals surface area contributed by atoms with Gasteiger partial charge in [-0.15, -0.1) is 0 Å². The topological polar surface area (TPSA) is 25.2 Å². The Balaban J connectivity index is 1.96. The fourth-order valence-corrected chi connectivity index (χ4v) is 3.73. The van der Waals surface area contributed by atoms with Gasteiger partial charge in [-0.2, -0.15) is 0 Å². The Morgan fingerprint density at radius 1 is 1.29 bits per heavy atom. The summed E-state index contributed by atoms with van der Waals surface area (Å²) in [5, 5.41) is 0. The lowest BCUT2D eigenvalue weighted by Crippen LogP contribution is -2.27. The molecule has 21 heavy (non-hydrogen) atoms. The van der Waals surface area contributed by atoms with Crippen molar-refractivity contribution in [2.24, 2.45) is 7.05 Å². The fraction of sp³-hybridized carbons (Fsp3) is 0.0667. The summed E-state index contributed by atoms with van der Waals surface area (Å²) in [7, 11) is 1.95. The number of hydrogen-bond acceptors (Lipinski definition) is 3. The highest BCUT2D eigenvalue weighted by atomic mass is 79.9. The lowest BCUT2D eigenvalue weighted by atomic mass is 10.3. The van der Waals surface area contributed by atoms with Gasteiger partial charge >= 0.3 is 0 Å². The molecule has 0 spiro atoms. The van der Waals surface area contributed by atoms with Crippen LogP contribution in [0, 0.1) is 0 Å². The van der Waals surface area contributed by atoms with E-state index in [-0.39, 0.29) is 5.91 Å². The predicted molar refractivity (Wildman–Crippen MR) is 95.2 cm³/mol. The van der Waals surface area contributed by atoms with Gasteiger partial charge in [0.2, 0.25) is 0 Å². The van der Waals surface area contributed by atoms with E-state index >= 15 is 0 Å². The summed E-state index contributed by atoms with van der Waals surface area (Å²) in [6.45, 7) is 0. The number of aromatic nitrogens is 1. The van der Waals surface area contributed by atoms with Crippen LogP contribution >= 0.6 is 39.9 Å². The van der Waals surface area contributed by atoms with E-state index in [9.17, 15) is 4.79 Å². The average molecular weight is 379 g/mol. The van der Waals surface area contributed by atoms with Crippen LogP contribution in [0.1, 0.15) is 5.69 Å². The third-order valence-corrected chi connectivity index (χ3v) is 4.92. The second-order valence-corrected chi connectivity index (χ2v) is 7.13. The number of hydrogen-bond donors (Lipinski definition) is 0. The molecule has 1 aliphatic heterocycles. The standard InChI is InChI=1S/C15H11BrN2OS2/c1-17-7-3-6-11(17)9-13-14(19)18(15(20)21-13)12-5-2-4-10(16)8-12/h2-9H,1H3/b13-9-. The number of carbonyl (C=O) groups is 1. The Bertz CT molecular complexity index is 767. The predicted octanol–water partition coefficient (Wildman–Crippen LogP) is 4.19. The summed E-state index contributed by atoms with van der Waals surface area (Å²) >= 11 is 10.1. The van der Waals surface area contributed by atoms with Crippen molar-refractivity contribution in [3.63, 3.8) is 0 Å². The van der Waals surface area contributed by atoms with E-state index in [0.717, 1.165) is 15.9 Å². The summed E-state index contributed by atoms with van der Waals surface area (Å²) in [4.78, 5) is 14.8. The van der Waals surface area contributed by atoms with Crippen LogP contribution in [0.15, 0.2) is 52.0 Å². The van der Waals surface area contributed by atoms with Crippen molar-refractivity contribution in [1.82, 2.24) is 4.57 Å². The van der Waals surface area contributed by atoms with Gasteiger partial charge in [-0.1, -0.05) is 46.0 Å². The molecule has 2 aromatic rings. The van der Waals surface area contributed by atoms with Crippen molar-refractivity contribution >= 4 is 61.9 Å². The zero-order chi connectivity index (χ0) is 15.0. The second-order valence-electron chi connectivity index (χ2n) is 4.54. The molecule has 1 aliphatic rings. The van der Waals surface area contributed by atoms with Crippen LogP contribution in [-0.2, 0) is 11.8 Å². The van der Waals surface area contributed by atoms with Crippen LogP contribution in [0.3, 0.4) is 0 Å². The minimum Gasteiger partial charge on any atom is -0.351 e. The Labute approximate surface area is 140 Å². The molecule has 3 rings (SSSR count). The van der Waals surface area contributed by atoms with Crippen molar-refractivity contribution in [3.8, 4) is 0 Å². The number of carbonyl (C=O) groups excluding carboxylic acids is 1. The van der Waals surface area contributed by atoms with E-state index in [4.69, 9.17) is 12.2 Å². The van der Waals surface area contributed by atoms with Gasteiger partial charge in [0.05, 0.1) is 10.6 Å². The first kappa shape index (κ1) is 14.6. The zero-order valence-electron chi connectivity index (χ0n) is 11.1. The van der Waals surface area contributed by atoms with Crippen molar-refractivity contribution in [1.29, 1.82) is 0 Å². The molecule has 0 aliphatic carbocycles. The highest BCUT2D eigenvalue weighted by Crippen LogP contribution is 2.36. The summed E-state index contributed by atoms with van der Waals surface area (Å²) in [6, 6.07) is 11.5. The SMILES string of the molecule is Cn1cccc1/C=C1\SC(=S)N(c2cccc(Br)c2)C1=O. The van der Waals surface area contributed by atoms with E-state index in [1.807, 2.05) is 60.3 Å². The van der Waals surface area contributed by atoms with Gasteiger partial charge in [-0.25, -0.2) is 0 Å². The van der Waals surface area contributed by atoms with Crippen molar-refractivity contribution < 1.29 is 4.79 Å². The van der Waals surface area contributed by atoms with E-state index in [0.29, 0.717) is 9.23 Å². The molecule has 1 fully saturated rings. The van der Waals surface area contributed by atoms with Gasteiger partial charge in [-0.3, -0.25) is 9.69 Å². The van der Waals surface area contributed by atoms with E-state index in [1.54, 1.807) is 4.90 Å². The van der Waals surface area contributed by atoms with E-state index in [1.165, 1.54) is 11.8 Å². The van der Waals surface area contributed by atoms with Crippen LogP contribution in [-0.4, -0.2) is 14.8 Å². The summed E-state index contributed by atoms with van der Waals surface area (Å²) in [6.07, 6.45) is 3.82. The Morgan fingerprint density at radius 2 is 2.10 bits per heavy atom. The highest BCUT2D eigenvalue weighted by Gasteiger charge is 2.33. The molecule has 1 saturated heterocycles. The van der Waals surface area contributed by atoms with Gasteiger partial charge in [-0.05, 0) is 36.4 Å². The minimum absolute atomic E-state index is 0.0794. The smallest absolute Gasteiger partial charge is 0.270 e. The van der Waals surface area contributed by atoms with Gasteiger partial charge in [0.15, 0.2) is 4.32 Å². The maximum atomic E-state index is 12.6. The fourth-order valence-electron chi connectivity index (χ4n) is 2.06. The molecule has 0 radical (unpaired) electrons. The molecular formula is C15H11BrN2OS2. The summed E-state index contributed by atoms with van der Waals surface area (Å²) in [5.74, 6) is -0.0794. The molecule has 106 valence electrons. The zero-order valence-corrected chi connectivity index (χ0v) is 14.3. The largest absolute Gasteiger partial charge is 0.351 e. The number of benzene rings is 1. The molecule has 6 heteroatoms. The number of thiocarbonyl (C=S) groups is 1. The van der Waals surface area contributed by atoms with Gasteiger partial charge in [0.1, 0.15) is 0 Å². The Hall–Kier alpha value is -1.37. The van der Waals surface area contributed by atoms with Crippen molar-refractivity contribution in [2.75, 3.05) is 4.90 Å². The molecule has 1 aromatic carbocycles. The highest BCUT2D eigenvalue weighted by molar-refractivity contribution is 9.10. The summed E-state index contributed by atoms with van der Waals surface area (Å²) in [5.41, 5.74) is 1.76. The van der Waals surface area contributed by atoms with Crippen LogP contribution in [0.5, 0.6) is 0 Å². The van der Waals surface area contributed by atoms with Gasteiger partial charge in [0.25, 0.3) is 5.91 Å². The quantitative estimate of drug-likeness (QED) is 0.578. The molecule has 2 heterocycles. The number of nitrogens with zero attached hydrogens (tertiary/aromatic N) is 2. The monoisotopic (exact) mass is 378 g/mol. The van der Waals surface area contributed by atoms with Gasteiger partial charge < -0.3 is 4.57 Å². The summed E-state index contributed by atoms with van der Waals surface area (Å²) < 4.78 is 3.44. The first-order chi connectivity index (χ1) is 10.1. The van der Waals surface area contributed by atoms with Crippen LogP contribution in [0.4, 0.5) is 5.69 Å². The Kier molecular flexibility index (Phi) is 4.01. The maximum Gasteiger partial charge on any atom is 0.270 e. The number of aryl methyl sites for hydroxylation is 1. The number of rotatable bonds is 2. The molecule has 0 saturated carbocycles. The van der Waals surface area contributed by atoms with Crippen LogP contribution in [0.25, 0.3) is 6.08 Å². The first-order valence-electron chi connectivity index (χ1n) is 6.21. The normalized spacial score (nSPS) is 17.0. The molecule has 0 N–H and O–H groups in total. The molecule has 1 aromatic heterocycles. The Morgan fingerprint density at radius 3 is 2.76 bits per heavy atom. The maximum absolute atomic E-state index is 12.6. The number of thioether (sulfide) groups is 1. The lowest BCUT2D eigenvalue weighted by Gasteiger charge is -2.14. The molecule has 0 unspecified atom stereocenters.